The first-order valence-electron chi connectivity index (χ1n) is 8.80. The molecular weight excluding hydrogens is 387 g/mol. The Morgan fingerprint density at radius 3 is 2.24 bits per heavy atom. The van der Waals surface area contributed by atoms with Crippen molar-refractivity contribution in [1.82, 2.24) is 0 Å². The van der Waals surface area contributed by atoms with Crippen molar-refractivity contribution < 1.29 is 31.9 Å². The number of halogens is 3. The van der Waals surface area contributed by atoms with Crippen LogP contribution in [0.4, 0.5) is 18.9 Å². The molecule has 1 heterocycles. The smallest absolute Gasteiger partial charge is 0.486 e. The summed E-state index contributed by atoms with van der Waals surface area (Å²) in [6, 6.07) is 15.6. The zero-order valence-electron chi connectivity index (χ0n) is 15.5. The monoisotopic (exact) mass is 405 g/mol. The van der Waals surface area contributed by atoms with Crippen molar-refractivity contribution in [3.05, 3.63) is 77.7 Å². The third-order valence-electron chi connectivity index (χ3n) is 3.94. The van der Waals surface area contributed by atoms with Gasteiger partial charge >= 0.3 is 6.36 Å². The fraction of sp³-hybridized carbons (Fsp3) is 0.190. The Kier molecular flexibility index (Phi) is 6.11. The molecule has 0 unspecified atom stereocenters. The van der Waals surface area contributed by atoms with Crippen LogP contribution in [0.1, 0.15) is 28.8 Å². The summed E-state index contributed by atoms with van der Waals surface area (Å²) in [6.07, 6.45) is -3.83. The number of hydrogen-bond acceptors (Lipinski definition) is 4. The van der Waals surface area contributed by atoms with E-state index < -0.39 is 12.3 Å². The lowest BCUT2D eigenvalue weighted by atomic mass is 10.2. The summed E-state index contributed by atoms with van der Waals surface area (Å²) in [5, 5.41) is 2.54. The molecule has 5 nitrogen and oxygen atoms in total. The molecule has 0 bridgehead atoms. The Labute approximate surface area is 165 Å². The maximum absolute atomic E-state index is 12.2. The topological polar surface area (TPSA) is 60.7 Å². The second-order valence-corrected chi connectivity index (χ2v) is 6.08. The Morgan fingerprint density at radius 2 is 1.62 bits per heavy atom. The maximum atomic E-state index is 12.2. The Morgan fingerprint density at radius 1 is 0.966 bits per heavy atom. The first-order chi connectivity index (χ1) is 13.8. The van der Waals surface area contributed by atoms with Crippen molar-refractivity contribution in [3.8, 4) is 11.5 Å². The summed E-state index contributed by atoms with van der Waals surface area (Å²) < 4.78 is 51.4. The highest BCUT2D eigenvalue weighted by Gasteiger charge is 2.31. The SMILES string of the molecule is CCc1ccc(OCc2ccc(C(=O)Nc3ccc(OC(F)(F)F)cc3)o2)cc1. The van der Waals surface area contributed by atoms with Gasteiger partial charge in [-0.05, 0) is 60.5 Å². The Hall–Kier alpha value is -3.42. The van der Waals surface area contributed by atoms with Gasteiger partial charge in [0.2, 0.25) is 0 Å². The molecule has 0 aliphatic rings. The van der Waals surface area contributed by atoms with E-state index >= 15 is 0 Å². The third kappa shape index (κ3) is 6.03. The number of carbonyl (C=O) groups excluding carboxylic acids is 1. The zero-order chi connectivity index (χ0) is 20.9. The van der Waals surface area contributed by atoms with Crippen LogP contribution in [-0.2, 0) is 13.0 Å². The van der Waals surface area contributed by atoms with Gasteiger partial charge in [-0.15, -0.1) is 13.2 Å². The second-order valence-electron chi connectivity index (χ2n) is 6.08. The van der Waals surface area contributed by atoms with Crippen molar-refractivity contribution in [1.29, 1.82) is 0 Å². The molecule has 0 saturated heterocycles. The minimum Gasteiger partial charge on any atom is -0.486 e. The van der Waals surface area contributed by atoms with Crippen molar-refractivity contribution in [2.24, 2.45) is 0 Å². The molecule has 152 valence electrons. The molecule has 0 aliphatic heterocycles. The molecule has 8 heteroatoms. The van der Waals surface area contributed by atoms with Crippen LogP contribution >= 0.6 is 0 Å². The van der Waals surface area contributed by atoms with E-state index in [0.29, 0.717) is 17.2 Å². The fourth-order valence-electron chi connectivity index (χ4n) is 2.49. The number of aryl methyl sites for hydroxylation is 1. The first kappa shape index (κ1) is 20.3. The second kappa shape index (κ2) is 8.72. The van der Waals surface area contributed by atoms with Gasteiger partial charge in [0.05, 0.1) is 0 Å². The normalized spacial score (nSPS) is 11.2. The maximum Gasteiger partial charge on any atom is 0.573 e. The third-order valence-corrected chi connectivity index (χ3v) is 3.94. The summed E-state index contributed by atoms with van der Waals surface area (Å²) in [4.78, 5) is 12.2. The highest BCUT2D eigenvalue weighted by molar-refractivity contribution is 6.02. The van der Waals surface area contributed by atoms with E-state index in [1.54, 1.807) is 6.07 Å². The van der Waals surface area contributed by atoms with E-state index in [0.717, 1.165) is 18.6 Å². The number of hydrogen-bond donors (Lipinski definition) is 1. The molecule has 3 aromatic rings. The first-order valence-corrected chi connectivity index (χ1v) is 8.80. The van der Waals surface area contributed by atoms with Gasteiger partial charge in [-0.2, -0.15) is 0 Å². The van der Waals surface area contributed by atoms with Crippen LogP contribution < -0.4 is 14.8 Å². The number of furan rings is 1. The van der Waals surface area contributed by atoms with Crippen LogP contribution in [0.5, 0.6) is 11.5 Å². The standard InChI is InChI=1S/C21H18F3NO4/c1-2-14-3-7-16(8-4-14)27-13-18-11-12-19(28-18)20(26)25-15-5-9-17(10-6-15)29-21(22,23)24/h3-12H,2,13H2,1H3,(H,25,26). The highest BCUT2D eigenvalue weighted by atomic mass is 19.4. The molecule has 0 saturated carbocycles. The predicted octanol–water partition coefficient (Wildman–Crippen LogP) is 5.57. The summed E-state index contributed by atoms with van der Waals surface area (Å²) in [6.45, 7) is 2.22. The average molecular weight is 405 g/mol. The number of benzene rings is 2. The van der Waals surface area contributed by atoms with E-state index in [-0.39, 0.29) is 18.1 Å². The van der Waals surface area contributed by atoms with Crippen LogP contribution in [-0.4, -0.2) is 12.3 Å². The lowest BCUT2D eigenvalue weighted by Crippen LogP contribution is -2.17. The summed E-state index contributed by atoms with van der Waals surface area (Å²) in [7, 11) is 0. The lowest BCUT2D eigenvalue weighted by molar-refractivity contribution is -0.274. The van der Waals surface area contributed by atoms with Crippen molar-refractivity contribution >= 4 is 11.6 Å². The average Bonchev–Trinajstić information content (AvgIpc) is 3.16. The molecule has 0 atom stereocenters. The lowest BCUT2D eigenvalue weighted by Gasteiger charge is -2.09. The number of ether oxygens (including phenoxy) is 2. The van der Waals surface area contributed by atoms with Gasteiger partial charge in [0, 0.05) is 5.69 Å². The van der Waals surface area contributed by atoms with Crippen molar-refractivity contribution in [3.63, 3.8) is 0 Å². The van der Waals surface area contributed by atoms with Crippen LogP contribution in [0.2, 0.25) is 0 Å². The van der Waals surface area contributed by atoms with Crippen LogP contribution in [0.3, 0.4) is 0 Å². The van der Waals surface area contributed by atoms with E-state index in [4.69, 9.17) is 9.15 Å². The van der Waals surface area contributed by atoms with Crippen LogP contribution in [0.25, 0.3) is 0 Å². The molecule has 0 radical (unpaired) electrons. The summed E-state index contributed by atoms with van der Waals surface area (Å²) in [5.41, 5.74) is 1.50. The van der Waals surface area contributed by atoms with Crippen molar-refractivity contribution in [2.75, 3.05) is 5.32 Å². The number of anilines is 1. The van der Waals surface area contributed by atoms with E-state index in [2.05, 4.69) is 17.0 Å². The van der Waals surface area contributed by atoms with Crippen molar-refractivity contribution in [2.45, 2.75) is 26.3 Å². The minimum atomic E-state index is -4.77. The number of rotatable bonds is 7. The van der Waals surface area contributed by atoms with Crippen LogP contribution in [0, 0.1) is 0 Å². The molecule has 1 N–H and O–H groups in total. The summed E-state index contributed by atoms with van der Waals surface area (Å²) >= 11 is 0. The molecule has 0 aliphatic carbocycles. The number of nitrogens with one attached hydrogen (secondary N) is 1. The summed E-state index contributed by atoms with van der Waals surface area (Å²) in [5.74, 6) is 0.294. The number of alkyl halides is 3. The highest BCUT2D eigenvalue weighted by Crippen LogP contribution is 2.24. The van der Waals surface area contributed by atoms with Gasteiger partial charge in [-0.1, -0.05) is 19.1 Å². The fourth-order valence-corrected chi connectivity index (χ4v) is 2.49. The Bertz CT molecular complexity index is 947. The number of carbonyl (C=O) groups is 1. The Balaban J connectivity index is 1.54. The minimum absolute atomic E-state index is 0.0561. The van der Waals surface area contributed by atoms with Gasteiger partial charge in [-0.25, -0.2) is 0 Å². The van der Waals surface area contributed by atoms with E-state index in [1.807, 2.05) is 24.3 Å². The molecule has 0 fully saturated rings. The van der Waals surface area contributed by atoms with Gasteiger partial charge in [0.15, 0.2) is 5.76 Å². The molecule has 1 amide bonds. The van der Waals surface area contributed by atoms with Gasteiger partial charge in [-0.3, -0.25) is 4.79 Å². The molecule has 0 spiro atoms. The van der Waals surface area contributed by atoms with Gasteiger partial charge < -0.3 is 19.2 Å². The van der Waals surface area contributed by atoms with E-state index in [9.17, 15) is 18.0 Å². The van der Waals surface area contributed by atoms with Gasteiger partial charge in [0.1, 0.15) is 23.9 Å². The van der Waals surface area contributed by atoms with Crippen LogP contribution in [0.15, 0.2) is 65.1 Å². The molecule has 2 aromatic carbocycles. The largest absolute Gasteiger partial charge is 0.573 e. The zero-order valence-corrected chi connectivity index (χ0v) is 15.5. The van der Waals surface area contributed by atoms with Gasteiger partial charge in [0.25, 0.3) is 5.91 Å². The molecule has 1 aromatic heterocycles. The van der Waals surface area contributed by atoms with E-state index in [1.165, 1.54) is 23.8 Å². The molecule has 29 heavy (non-hydrogen) atoms. The number of amides is 1. The molecular formula is C21H18F3NO4. The quantitative estimate of drug-likeness (QED) is 0.558. The molecule has 3 rings (SSSR count). The predicted molar refractivity (Wildman–Crippen MR) is 99.9 cm³/mol.